The molecule has 0 aromatic heterocycles. The maximum absolute atomic E-state index is 10.7. The predicted octanol–water partition coefficient (Wildman–Crippen LogP) is 3.01. The molecule has 6 heteroatoms. The summed E-state index contributed by atoms with van der Waals surface area (Å²) in [5, 5.41) is 0. The average molecular weight is 360 g/mol. The lowest BCUT2D eigenvalue weighted by atomic mass is 10.1. The number of nitrogens with zero attached hydrogens (tertiary/aromatic N) is 3. The second-order valence-corrected chi connectivity index (χ2v) is 5.60. The zero-order valence-corrected chi connectivity index (χ0v) is 18.0. The predicted molar refractivity (Wildman–Crippen MR) is 105 cm³/mol. The maximum atomic E-state index is 10.7. The molecule has 2 aliphatic heterocycles. The molecule has 2 rings (SSSR count). The van der Waals surface area contributed by atoms with Gasteiger partial charge in [-0.3, -0.25) is 14.4 Å². The number of piperidine rings is 1. The van der Waals surface area contributed by atoms with Gasteiger partial charge in [-0.05, 0) is 19.3 Å². The van der Waals surface area contributed by atoms with E-state index in [1.807, 2.05) is 41.8 Å². The van der Waals surface area contributed by atoms with Crippen LogP contribution < -0.4 is 0 Å². The molecule has 25 heavy (non-hydrogen) atoms. The fraction of sp³-hybridized carbons (Fsp3) is 0.842. The normalized spacial score (nSPS) is 15.2. The largest absolute Gasteiger partial charge is 0.349 e. The first-order valence-corrected chi connectivity index (χ1v) is 9.41. The lowest BCUT2D eigenvalue weighted by Gasteiger charge is -2.21. The Morgan fingerprint density at radius 3 is 1.28 bits per heavy atom. The highest BCUT2D eigenvalue weighted by Gasteiger charge is 2.14. The Kier molecular flexibility index (Phi) is 21.2. The van der Waals surface area contributed by atoms with E-state index in [1.54, 1.807) is 23.9 Å². The number of amides is 3. The molecule has 150 valence electrons. The summed E-state index contributed by atoms with van der Waals surface area (Å²) in [6.07, 6.45) is 4.84. The van der Waals surface area contributed by atoms with Crippen molar-refractivity contribution in [1.82, 2.24) is 14.7 Å². The van der Waals surface area contributed by atoms with E-state index in [0.717, 1.165) is 38.8 Å². The summed E-state index contributed by atoms with van der Waals surface area (Å²) in [6, 6.07) is 0. The van der Waals surface area contributed by atoms with Gasteiger partial charge in [0.15, 0.2) is 0 Å². The summed E-state index contributed by atoms with van der Waals surface area (Å²) in [5.41, 5.74) is 0. The lowest BCUT2D eigenvalue weighted by Crippen LogP contribution is -2.31. The molecule has 0 N–H and O–H groups in total. The summed E-state index contributed by atoms with van der Waals surface area (Å²) < 4.78 is 0. The second-order valence-electron chi connectivity index (χ2n) is 5.60. The van der Waals surface area contributed by atoms with E-state index in [4.69, 9.17) is 0 Å². The first-order chi connectivity index (χ1) is 11.8. The SMILES string of the molecule is CC.CC.CC(=O)N(C)C.CN1CCCC1=O.CN1CCCCC1=O. The maximum Gasteiger partial charge on any atom is 0.222 e. The summed E-state index contributed by atoms with van der Waals surface area (Å²) in [5.74, 6) is 0.686. The van der Waals surface area contributed by atoms with Gasteiger partial charge in [-0.15, -0.1) is 0 Å². The van der Waals surface area contributed by atoms with Crippen LogP contribution in [0.2, 0.25) is 0 Å². The molecule has 2 saturated heterocycles. The summed E-state index contributed by atoms with van der Waals surface area (Å²) in [6.45, 7) is 11.4. The van der Waals surface area contributed by atoms with Gasteiger partial charge in [-0.2, -0.15) is 0 Å². The van der Waals surface area contributed by atoms with Gasteiger partial charge in [-0.25, -0.2) is 0 Å². The van der Waals surface area contributed by atoms with E-state index in [9.17, 15) is 14.4 Å². The summed E-state index contributed by atoms with van der Waals surface area (Å²) in [4.78, 5) is 36.4. The molecule has 0 aromatic rings. The van der Waals surface area contributed by atoms with E-state index in [2.05, 4.69) is 0 Å². The van der Waals surface area contributed by atoms with Crippen LogP contribution in [0.25, 0.3) is 0 Å². The highest BCUT2D eigenvalue weighted by molar-refractivity contribution is 5.77. The Bertz CT molecular complexity index is 358. The van der Waals surface area contributed by atoms with Crippen molar-refractivity contribution in [3.63, 3.8) is 0 Å². The first kappa shape index (κ1) is 28.2. The summed E-state index contributed by atoms with van der Waals surface area (Å²) in [7, 11) is 7.15. The van der Waals surface area contributed by atoms with Crippen molar-refractivity contribution in [1.29, 1.82) is 0 Å². The van der Waals surface area contributed by atoms with Crippen molar-refractivity contribution in [2.45, 2.75) is 66.7 Å². The standard InChI is InChI=1S/C6H11NO.C5H9NO.C4H9NO.2C2H6/c1-7-5-3-2-4-6(7)8;1-6-4-2-3-5(6)7;1-4(6)5(2)3;2*1-2/h2-5H2,1H3;2-4H2,1H3;1-3H3;2*1-2H3. The van der Waals surface area contributed by atoms with Crippen LogP contribution in [-0.4, -0.2) is 73.7 Å². The number of carbonyl (C=O) groups is 3. The zero-order chi connectivity index (χ0) is 20.4. The smallest absolute Gasteiger partial charge is 0.222 e. The quantitative estimate of drug-likeness (QED) is 0.668. The number of carbonyl (C=O) groups excluding carboxylic acids is 3. The molecule has 2 fully saturated rings. The zero-order valence-electron chi connectivity index (χ0n) is 18.0. The minimum Gasteiger partial charge on any atom is -0.349 e. The molecule has 0 aliphatic carbocycles. The lowest BCUT2D eigenvalue weighted by molar-refractivity contribution is -0.131. The van der Waals surface area contributed by atoms with E-state index >= 15 is 0 Å². The molecule has 0 unspecified atom stereocenters. The molecule has 2 aliphatic rings. The number of likely N-dealkylation sites (tertiary alicyclic amines) is 2. The van der Waals surface area contributed by atoms with Gasteiger partial charge in [0.25, 0.3) is 0 Å². The molecule has 0 spiro atoms. The molecule has 0 atom stereocenters. The molecule has 0 aromatic carbocycles. The molecular weight excluding hydrogens is 318 g/mol. The fourth-order valence-electron chi connectivity index (χ4n) is 1.72. The molecule has 0 saturated carbocycles. The van der Waals surface area contributed by atoms with Gasteiger partial charge in [0.05, 0.1) is 0 Å². The Morgan fingerprint density at radius 2 is 1.12 bits per heavy atom. The highest BCUT2D eigenvalue weighted by Crippen LogP contribution is 2.06. The molecular formula is C19H41N3O3. The Morgan fingerprint density at radius 1 is 0.800 bits per heavy atom. The third-order valence-electron chi connectivity index (χ3n) is 3.50. The third-order valence-corrected chi connectivity index (χ3v) is 3.50. The van der Waals surface area contributed by atoms with Gasteiger partial charge in [0, 0.05) is 61.0 Å². The first-order valence-electron chi connectivity index (χ1n) is 9.41. The van der Waals surface area contributed by atoms with Gasteiger partial charge < -0.3 is 14.7 Å². The number of hydrogen-bond donors (Lipinski definition) is 0. The van der Waals surface area contributed by atoms with Gasteiger partial charge in [-0.1, -0.05) is 27.7 Å². The van der Waals surface area contributed by atoms with E-state index in [-0.39, 0.29) is 5.91 Å². The monoisotopic (exact) mass is 359 g/mol. The van der Waals surface area contributed by atoms with Crippen LogP contribution in [-0.2, 0) is 14.4 Å². The van der Waals surface area contributed by atoms with Crippen molar-refractivity contribution < 1.29 is 14.4 Å². The van der Waals surface area contributed by atoms with Crippen molar-refractivity contribution in [3.8, 4) is 0 Å². The minimum atomic E-state index is 0.0926. The Balaban J connectivity index is -0.000000266. The van der Waals surface area contributed by atoms with E-state index < -0.39 is 0 Å². The summed E-state index contributed by atoms with van der Waals surface area (Å²) >= 11 is 0. The van der Waals surface area contributed by atoms with Crippen LogP contribution in [0.4, 0.5) is 0 Å². The van der Waals surface area contributed by atoms with Gasteiger partial charge in [0.2, 0.25) is 17.7 Å². The van der Waals surface area contributed by atoms with E-state index in [0.29, 0.717) is 11.8 Å². The van der Waals surface area contributed by atoms with Crippen molar-refractivity contribution >= 4 is 17.7 Å². The minimum absolute atomic E-state index is 0.0926. The van der Waals surface area contributed by atoms with Crippen molar-refractivity contribution in [2.24, 2.45) is 0 Å². The van der Waals surface area contributed by atoms with E-state index in [1.165, 1.54) is 18.2 Å². The highest BCUT2D eigenvalue weighted by atomic mass is 16.2. The van der Waals surface area contributed by atoms with Crippen LogP contribution in [0.5, 0.6) is 0 Å². The topological polar surface area (TPSA) is 60.9 Å². The number of hydrogen-bond acceptors (Lipinski definition) is 3. The third kappa shape index (κ3) is 17.0. The Hall–Kier alpha value is -1.59. The van der Waals surface area contributed by atoms with Crippen LogP contribution in [0.3, 0.4) is 0 Å². The van der Waals surface area contributed by atoms with Gasteiger partial charge >= 0.3 is 0 Å². The van der Waals surface area contributed by atoms with Crippen LogP contribution in [0, 0.1) is 0 Å². The van der Waals surface area contributed by atoms with Crippen molar-refractivity contribution in [3.05, 3.63) is 0 Å². The average Bonchev–Trinajstić information content (AvgIpc) is 2.98. The second kappa shape index (κ2) is 18.7. The van der Waals surface area contributed by atoms with Crippen LogP contribution in [0.15, 0.2) is 0 Å². The molecule has 0 bridgehead atoms. The molecule has 0 radical (unpaired) electrons. The molecule has 6 nitrogen and oxygen atoms in total. The molecule has 3 amide bonds. The Labute approximate surface area is 155 Å². The fourth-order valence-corrected chi connectivity index (χ4v) is 1.72. The van der Waals surface area contributed by atoms with Crippen LogP contribution >= 0.6 is 0 Å². The van der Waals surface area contributed by atoms with Gasteiger partial charge in [0.1, 0.15) is 0 Å². The van der Waals surface area contributed by atoms with Crippen LogP contribution in [0.1, 0.15) is 66.7 Å². The van der Waals surface area contributed by atoms with Crippen molar-refractivity contribution in [2.75, 3.05) is 41.3 Å². The molecule has 2 heterocycles. The number of rotatable bonds is 0.